The molecule has 0 atom stereocenters. The molecule has 0 unspecified atom stereocenters. The van der Waals surface area contributed by atoms with E-state index < -0.39 is 0 Å². The molecule has 0 aliphatic heterocycles. The minimum absolute atomic E-state index is 0.119. The van der Waals surface area contributed by atoms with Crippen molar-refractivity contribution in [2.45, 2.75) is 20.3 Å². The van der Waals surface area contributed by atoms with E-state index in [-0.39, 0.29) is 17.3 Å². The molecule has 0 aromatic heterocycles. The average molecular weight is 230 g/mol. The van der Waals surface area contributed by atoms with Crippen molar-refractivity contribution in [2.75, 3.05) is 6.61 Å². The highest BCUT2D eigenvalue weighted by molar-refractivity contribution is 6.25. The lowest BCUT2D eigenvalue weighted by Gasteiger charge is -2.18. The summed E-state index contributed by atoms with van der Waals surface area (Å²) in [5.41, 5.74) is 1.32. The van der Waals surface area contributed by atoms with E-state index in [0.29, 0.717) is 23.3 Å². The summed E-state index contributed by atoms with van der Waals surface area (Å²) >= 11 is 0. The molecule has 1 aromatic rings. The first kappa shape index (κ1) is 11.6. The minimum atomic E-state index is -0.189. The van der Waals surface area contributed by atoms with Crippen LogP contribution in [0.15, 0.2) is 35.6 Å². The van der Waals surface area contributed by atoms with Crippen LogP contribution in [0.3, 0.4) is 0 Å². The second-order valence-corrected chi connectivity index (χ2v) is 4.01. The smallest absolute Gasteiger partial charge is 0.228 e. The number of carbonyl (C=O) groups is 2. The Bertz CT molecular complexity index is 512. The predicted molar refractivity (Wildman–Crippen MR) is 64.0 cm³/mol. The molecule has 0 radical (unpaired) electrons. The molecule has 0 amide bonds. The summed E-state index contributed by atoms with van der Waals surface area (Å²) in [6.45, 7) is 4.05. The maximum atomic E-state index is 12.1. The van der Waals surface area contributed by atoms with Gasteiger partial charge >= 0.3 is 0 Å². The first-order valence-corrected chi connectivity index (χ1v) is 5.69. The van der Waals surface area contributed by atoms with Gasteiger partial charge in [0.15, 0.2) is 11.5 Å². The zero-order valence-electron chi connectivity index (χ0n) is 9.95. The van der Waals surface area contributed by atoms with Crippen LogP contribution < -0.4 is 0 Å². The quantitative estimate of drug-likeness (QED) is 0.801. The highest BCUT2D eigenvalue weighted by atomic mass is 16.5. The molecule has 0 spiro atoms. The summed E-state index contributed by atoms with van der Waals surface area (Å²) in [5.74, 6) is -0.104. The largest absolute Gasteiger partial charge is 0.489 e. The van der Waals surface area contributed by atoms with Crippen LogP contribution in [0.2, 0.25) is 0 Å². The number of rotatable bonds is 3. The number of Topliss-reactive ketones (excluding diaryl/α,β-unsaturated/α-hetero) is 2. The molecule has 2 rings (SSSR count). The van der Waals surface area contributed by atoms with Crippen molar-refractivity contribution in [3.05, 3.63) is 46.7 Å². The van der Waals surface area contributed by atoms with Crippen LogP contribution in [0.5, 0.6) is 0 Å². The second-order valence-electron chi connectivity index (χ2n) is 4.01. The highest BCUT2D eigenvalue weighted by Gasteiger charge is 2.30. The van der Waals surface area contributed by atoms with Crippen LogP contribution in [-0.4, -0.2) is 18.2 Å². The van der Waals surface area contributed by atoms with E-state index in [1.165, 1.54) is 0 Å². The van der Waals surface area contributed by atoms with Crippen LogP contribution in [0, 0.1) is 0 Å². The minimum Gasteiger partial charge on any atom is -0.489 e. The molecule has 3 nitrogen and oxygen atoms in total. The molecule has 1 aliphatic carbocycles. The third-order valence-corrected chi connectivity index (χ3v) is 2.75. The van der Waals surface area contributed by atoms with Gasteiger partial charge in [0.05, 0.1) is 6.61 Å². The molecule has 1 aromatic carbocycles. The standard InChI is InChI=1S/C14H14O3/c1-3-8-17-14-9(2)12(15)10-6-4-5-7-11(10)13(14)16/h4-7H,3,8H2,1-2H3. The van der Waals surface area contributed by atoms with Gasteiger partial charge in [0.25, 0.3) is 0 Å². The van der Waals surface area contributed by atoms with Gasteiger partial charge in [-0.2, -0.15) is 0 Å². The van der Waals surface area contributed by atoms with Crippen molar-refractivity contribution in [3.8, 4) is 0 Å². The molecule has 0 fully saturated rings. The Morgan fingerprint density at radius 2 is 1.65 bits per heavy atom. The fourth-order valence-corrected chi connectivity index (χ4v) is 1.85. The number of hydrogen-bond acceptors (Lipinski definition) is 3. The molecule has 17 heavy (non-hydrogen) atoms. The number of carbonyl (C=O) groups excluding carboxylic acids is 2. The molecule has 1 aliphatic rings. The van der Waals surface area contributed by atoms with E-state index in [1.54, 1.807) is 31.2 Å². The van der Waals surface area contributed by atoms with Gasteiger partial charge in [-0.25, -0.2) is 0 Å². The van der Waals surface area contributed by atoms with Crippen LogP contribution in [0.1, 0.15) is 41.0 Å². The van der Waals surface area contributed by atoms with Crippen molar-refractivity contribution in [2.24, 2.45) is 0 Å². The van der Waals surface area contributed by atoms with Gasteiger partial charge in [0.1, 0.15) is 0 Å². The summed E-state index contributed by atoms with van der Waals surface area (Å²) in [7, 11) is 0. The van der Waals surface area contributed by atoms with Crippen molar-refractivity contribution < 1.29 is 14.3 Å². The number of hydrogen-bond donors (Lipinski definition) is 0. The summed E-state index contributed by atoms with van der Waals surface area (Å²) in [6.07, 6.45) is 0.805. The van der Waals surface area contributed by atoms with Gasteiger partial charge in [0, 0.05) is 16.7 Å². The molecule has 0 N–H and O–H groups in total. The van der Waals surface area contributed by atoms with Gasteiger partial charge in [-0.15, -0.1) is 0 Å². The summed E-state index contributed by atoms with van der Waals surface area (Å²) in [5, 5.41) is 0. The predicted octanol–water partition coefficient (Wildman–Crippen LogP) is 2.77. The normalized spacial score (nSPS) is 14.9. The topological polar surface area (TPSA) is 43.4 Å². The summed E-state index contributed by atoms with van der Waals surface area (Å²) < 4.78 is 5.39. The van der Waals surface area contributed by atoms with Gasteiger partial charge in [0.2, 0.25) is 5.78 Å². The van der Waals surface area contributed by atoms with Crippen molar-refractivity contribution >= 4 is 11.6 Å². The first-order valence-electron chi connectivity index (χ1n) is 5.69. The summed E-state index contributed by atoms with van der Waals surface area (Å²) in [6, 6.07) is 6.85. The van der Waals surface area contributed by atoms with E-state index in [4.69, 9.17) is 4.74 Å². The Labute approximate surface area is 100 Å². The molecule has 0 saturated heterocycles. The van der Waals surface area contributed by atoms with E-state index in [9.17, 15) is 9.59 Å². The number of fused-ring (bicyclic) bond motifs is 1. The second kappa shape index (κ2) is 4.53. The van der Waals surface area contributed by atoms with E-state index in [1.807, 2.05) is 6.92 Å². The number of ketones is 2. The third kappa shape index (κ3) is 1.88. The Balaban J connectivity index is 2.47. The molecule has 0 saturated carbocycles. The number of benzene rings is 1. The molecular weight excluding hydrogens is 216 g/mol. The van der Waals surface area contributed by atoms with Crippen molar-refractivity contribution in [3.63, 3.8) is 0 Å². The van der Waals surface area contributed by atoms with E-state index >= 15 is 0 Å². The van der Waals surface area contributed by atoms with Crippen molar-refractivity contribution in [1.29, 1.82) is 0 Å². The highest BCUT2D eigenvalue weighted by Crippen LogP contribution is 2.26. The lowest BCUT2D eigenvalue weighted by molar-refractivity contribution is 0.0872. The number of allylic oxidation sites excluding steroid dienone is 2. The summed E-state index contributed by atoms with van der Waals surface area (Å²) in [4.78, 5) is 24.2. The van der Waals surface area contributed by atoms with Crippen LogP contribution in [0.4, 0.5) is 0 Å². The van der Waals surface area contributed by atoms with Gasteiger partial charge < -0.3 is 4.74 Å². The van der Waals surface area contributed by atoms with Crippen molar-refractivity contribution in [1.82, 2.24) is 0 Å². The van der Waals surface area contributed by atoms with E-state index in [0.717, 1.165) is 6.42 Å². The number of ether oxygens (including phenoxy) is 1. The molecule has 0 heterocycles. The zero-order chi connectivity index (χ0) is 12.4. The molecule has 3 heteroatoms. The monoisotopic (exact) mass is 230 g/mol. The fourth-order valence-electron chi connectivity index (χ4n) is 1.85. The first-order chi connectivity index (χ1) is 8.16. The van der Waals surface area contributed by atoms with E-state index in [2.05, 4.69) is 0 Å². The molecular formula is C14H14O3. The SMILES string of the molecule is CCCOC1=C(C)C(=O)c2ccccc2C1=O. The zero-order valence-corrected chi connectivity index (χ0v) is 9.95. The Morgan fingerprint density at radius 1 is 1.06 bits per heavy atom. The maximum absolute atomic E-state index is 12.1. The average Bonchev–Trinajstić information content (AvgIpc) is 2.36. The van der Waals surface area contributed by atoms with Crippen LogP contribution in [0.25, 0.3) is 0 Å². The van der Waals surface area contributed by atoms with Gasteiger partial charge in [-0.1, -0.05) is 31.2 Å². The van der Waals surface area contributed by atoms with Gasteiger partial charge in [-0.05, 0) is 13.3 Å². The van der Waals surface area contributed by atoms with Gasteiger partial charge in [-0.3, -0.25) is 9.59 Å². The third-order valence-electron chi connectivity index (χ3n) is 2.75. The fraction of sp³-hybridized carbons (Fsp3) is 0.286. The Hall–Kier alpha value is -1.90. The lowest BCUT2D eigenvalue weighted by Crippen LogP contribution is -2.22. The Kier molecular flexibility index (Phi) is 3.09. The van der Waals surface area contributed by atoms with Crippen LogP contribution in [-0.2, 0) is 4.74 Å². The molecule has 0 bridgehead atoms. The molecule has 88 valence electrons. The lowest BCUT2D eigenvalue weighted by atomic mass is 9.89. The van der Waals surface area contributed by atoms with Crippen LogP contribution >= 0.6 is 0 Å². The Morgan fingerprint density at radius 3 is 2.24 bits per heavy atom. The maximum Gasteiger partial charge on any atom is 0.228 e.